The molecule has 5 N–H and O–H groups in total. The predicted octanol–water partition coefficient (Wildman–Crippen LogP) is 1.58. The number of benzene rings is 2. The van der Waals surface area contributed by atoms with E-state index in [1.165, 1.54) is 30.3 Å². The van der Waals surface area contributed by atoms with E-state index in [9.17, 15) is 18.0 Å². The van der Waals surface area contributed by atoms with Gasteiger partial charge in [0.15, 0.2) is 5.16 Å². The molecule has 0 aliphatic heterocycles. The van der Waals surface area contributed by atoms with E-state index >= 15 is 0 Å². The summed E-state index contributed by atoms with van der Waals surface area (Å²) in [5, 5.41) is 7.40. The van der Waals surface area contributed by atoms with Crippen molar-refractivity contribution in [3.05, 3.63) is 71.0 Å². The van der Waals surface area contributed by atoms with Gasteiger partial charge in [0.05, 0.1) is 10.1 Å². The van der Waals surface area contributed by atoms with E-state index < -0.39 is 20.8 Å². The summed E-state index contributed by atoms with van der Waals surface area (Å²) >= 11 is 1.07. The highest BCUT2D eigenvalue weighted by Gasteiger charge is 2.20. The number of para-hydroxylation sites is 1. The molecule has 30 heavy (non-hydrogen) atoms. The molecule has 0 radical (unpaired) electrons. The van der Waals surface area contributed by atoms with Crippen LogP contribution in [0.3, 0.4) is 0 Å². The first-order chi connectivity index (χ1) is 14.1. The number of nitrogen functional groups attached to an aromatic ring is 1. The van der Waals surface area contributed by atoms with Gasteiger partial charge in [-0.15, -0.1) is 0 Å². The number of carbonyl (C=O) groups is 1. The van der Waals surface area contributed by atoms with Gasteiger partial charge in [-0.2, -0.15) is 4.98 Å². The van der Waals surface area contributed by atoms with Crippen molar-refractivity contribution >= 4 is 39.2 Å². The van der Waals surface area contributed by atoms with Crippen LogP contribution in [0.5, 0.6) is 0 Å². The first-order valence-corrected chi connectivity index (χ1v) is 11.1. The Morgan fingerprint density at radius 3 is 2.37 bits per heavy atom. The Kier molecular flexibility index (Phi) is 6.25. The Bertz CT molecular complexity index is 1230. The van der Waals surface area contributed by atoms with Gasteiger partial charge in [-0.3, -0.25) is 14.2 Å². The molecule has 2 aromatic carbocycles. The van der Waals surface area contributed by atoms with Crippen LogP contribution < -0.4 is 21.7 Å². The van der Waals surface area contributed by atoms with Crippen molar-refractivity contribution in [2.24, 2.45) is 5.14 Å². The molecule has 0 bridgehead atoms. The fourth-order valence-electron chi connectivity index (χ4n) is 2.58. The Labute approximate surface area is 177 Å². The molecule has 1 aromatic heterocycles. The molecular formula is C19H19N5O4S2. The quantitative estimate of drug-likeness (QED) is 0.385. The smallest absolute Gasteiger partial charge is 0.275 e. The van der Waals surface area contributed by atoms with Crippen molar-refractivity contribution in [3.63, 3.8) is 0 Å². The number of anilines is 2. The third-order valence-corrected chi connectivity index (χ3v) is 6.02. The van der Waals surface area contributed by atoms with Gasteiger partial charge >= 0.3 is 0 Å². The Morgan fingerprint density at radius 2 is 1.77 bits per heavy atom. The summed E-state index contributed by atoms with van der Waals surface area (Å²) in [6, 6.07) is 15.8. The second-order valence-electron chi connectivity index (χ2n) is 6.29. The number of aromatic nitrogens is 2. The van der Waals surface area contributed by atoms with E-state index in [1.54, 1.807) is 11.5 Å². The van der Waals surface area contributed by atoms with Gasteiger partial charge in [-0.1, -0.05) is 30.0 Å². The summed E-state index contributed by atoms with van der Waals surface area (Å²) in [4.78, 5) is 28.4. The van der Waals surface area contributed by atoms with E-state index in [0.29, 0.717) is 11.4 Å². The minimum absolute atomic E-state index is 0.0567. The van der Waals surface area contributed by atoms with Crippen LogP contribution in [0, 0.1) is 0 Å². The molecule has 1 amide bonds. The molecule has 1 unspecified atom stereocenters. The largest absolute Gasteiger partial charge is 0.385 e. The number of nitrogens with one attached hydrogen (secondary N) is 1. The van der Waals surface area contributed by atoms with E-state index in [0.717, 1.165) is 11.8 Å². The van der Waals surface area contributed by atoms with Crippen LogP contribution in [0.15, 0.2) is 75.5 Å². The summed E-state index contributed by atoms with van der Waals surface area (Å²) in [5.74, 6) is -0.158. The summed E-state index contributed by atoms with van der Waals surface area (Å²) < 4.78 is 24.2. The second kappa shape index (κ2) is 8.69. The molecule has 1 heterocycles. The van der Waals surface area contributed by atoms with Crippen molar-refractivity contribution in [3.8, 4) is 5.69 Å². The normalized spacial score (nSPS) is 12.3. The van der Waals surface area contributed by atoms with Crippen LogP contribution >= 0.6 is 11.8 Å². The van der Waals surface area contributed by atoms with E-state index in [-0.39, 0.29) is 21.8 Å². The number of amides is 1. The molecule has 0 aliphatic rings. The number of nitrogens with zero attached hydrogens (tertiary/aromatic N) is 2. The number of nitrogens with two attached hydrogens (primary N) is 2. The van der Waals surface area contributed by atoms with Gasteiger partial charge in [0.2, 0.25) is 15.9 Å². The molecule has 9 nitrogen and oxygen atoms in total. The number of thioether (sulfide) groups is 1. The van der Waals surface area contributed by atoms with Gasteiger partial charge < -0.3 is 11.1 Å². The monoisotopic (exact) mass is 445 g/mol. The average Bonchev–Trinajstić information content (AvgIpc) is 2.68. The van der Waals surface area contributed by atoms with Crippen molar-refractivity contribution in [2.75, 3.05) is 11.1 Å². The molecule has 0 saturated carbocycles. The maximum atomic E-state index is 12.6. The number of hydrogen-bond acceptors (Lipinski definition) is 7. The Morgan fingerprint density at radius 1 is 1.13 bits per heavy atom. The first kappa shape index (κ1) is 21.6. The van der Waals surface area contributed by atoms with Crippen LogP contribution in [-0.2, 0) is 14.8 Å². The van der Waals surface area contributed by atoms with Gasteiger partial charge in [0.1, 0.15) is 5.82 Å². The van der Waals surface area contributed by atoms with Crippen LogP contribution in [0.2, 0.25) is 0 Å². The SMILES string of the molecule is CC(Sc1nc(=O)cc(N)n1-c1ccccc1)C(=O)Nc1ccc(S(N)(=O)=O)cc1. The molecule has 3 rings (SSSR count). The molecule has 3 aromatic rings. The number of carbonyl (C=O) groups excluding carboxylic acids is 1. The molecular weight excluding hydrogens is 426 g/mol. The zero-order chi connectivity index (χ0) is 21.9. The second-order valence-corrected chi connectivity index (χ2v) is 9.16. The maximum absolute atomic E-state index is 12.6. The van der Waals surface area contributed by atoms with Gasteiger partial charge in [-0.05, 0) is 43.3 Å². The number of sulfonamides is 1. The minimum Gasteiger partial charge on any atom is -0.385 e. The highest BCUT2D eigenvalue weighted by molar-refractivity contribution is 8.00. The topological polar surface area (TPSA) is 150 Å². The third-order valence-electron chi connectivity index (χ3n) is 4.04. The molecule has 0 saturated heterocycles. The number of rotatable bonds is 6. The van der Waals surface area contributed by atoms with Gasteiger partial charge in [0, 0.05) is 17.4 Å². The van der Waals surface area contributed by atoms with Crippen LogP contribution in [0.1, 0.15) is 6.92 Å². The lowest BCUT2D eigenvalue weighted by Gasteiger charge is -2.17. The third kappa shape index (κ3) is 5.06. The summed E-state index contributed by atoms with van der Waals surface area (Å²) in [7, 11) is -3.81. The van der Waals surface area contributed by atoms with Gasteiger partial charge in [-0.25, -0.2) is 13.6 Å². The average molecular weight is 446 g/mol. The molecule has 0 fully saturated rings. The number of primary sulfonamides is 1. The van der Waals surface area contributed by atoms with Crippen molar-refractivity contribution < 1.29 is 13.2 Å². The standard InChI is InChI=1S/C19H19N5O4S2/c1-12(18(26)22-13-7-9-15(10-8-13)30(21,27)28)29-19-23-17(25)11-16(20)24(19)14-5-3-2-4-6-14/h2-12H,20H2,1H3,(H,22,26)(H2,21,27,28). The van der Waals surface area contributed by atoms with Gasteiger partial charge in [0.25, 0.3) is 5.56 Å². The number of hydrogen-bond donors (Lipinski definition) is 3. The van der Waals surface area contributed by atoms with Crippen LogP contribution in [-0.4, -0.2) is 29.1 Å². The van der Waals surface area contributed by atoms with Crippen LogP contribution in [0.4, 0.5) is 11.5 Å². The Balaban J connectivity index is 1.81. The highest BCUT2D eigenvalue weighted by atomic mass is 32.2. The zero-order valence-corrected chi connectivity index (χ0v) is 17.5. The lowest BCUT2D eigenvalue weighted by molar-refractivity contribution is -0.115. The van der Waals surface area contributed by atoms with Crippen LogP contribution in [0.25, 0.3) is 5.69 Å². The van der Waals surface area contributed by atoms with Crippen molar-refractivity contribution in [2.45, 2.75) is 22.2 Å². The zero-order valence-electron chi connectivity index (χ0n) is 15.8. The lowest BCUT2D eigenvalue weighted by atomic mass is 10.3. The summed E-state index contributed by atoms with van der Waals surface area (Å²) in [5.41, 5.74) is 6.63. The van der Waals surface area contributed by atoms with E-state index in [2.05, 4.69) is 10.3 Å². The summed E-state index contributed by atoms with van der Waals surface area (Å²) in [6.07, 6.45) is 0. The fraction of sp³-hybridized carbons (Fsp3) is 0.105. The van der Waals surface area contributed by atoms with E-state index in [1.807, 2.05) is 30.3 Å². The highest BCUT2D eigenvalue weighted by Crippen LogP contribution is 2.26. The first-order valence-electron chi connectivity index (χ1n) is 8.70. The molecule has 0 aliphatic carbocycles. The maximum Gasteiger partial charge on any atom is 0.275 e. The Hall–Kier alpha value is -3.15. The fourth-order valence-corrected chi connectivity index (χ4v) is 4.03. The minimum atomic E-state index is -3.81. The predicted molar refractivity (Wildman–Crippen MR) is 116 cm³/mol. The molecule has 0 spiro atoms. The van der Waals surface area contributed by atoms with Crippen molar-refractivity contribution in [1.82, 2.24) is 9.55 Å². The van der Waals surface area contributed by atoms with E-state index in [4.69, 9.17) is 10.9 Å². The molecule has 11 heteroatoms. The van der Waals surface area contributed by atoms with Crippen molar-refractivity contribution in [1.29, 1.82) is 0 Å². The summed E-state index contributed by atoms with van der Waals surface area (Å²) in [6.45, 7) is 1.66. The lowest BCUT2D eigenvalue weighted by Crippen LogP contribution is -2.24. The molecule has 156 valence electrons. The molecule has 1 atom stereocenters.